The number of nitrogens with one attached hydrogen (secondary N) is 2. The van der Waals surface area contributed by atoms with Gasteiger partial charge in [-0.25, -0.2) is 0 Å². The van der Waals surface area contributed by atoms with Crippen molar-refractivity contribution in [2.24, 2.45) is 0 Å². The largest absolute Gasteiger partial charge is 0.496 e. The lowest BCUT2D eigenvalue weighted by molar-refractivity contribution is -0.112. The van der Waals surface area contributed by atoms with Gasteiger partial charge in [-0.3, -0.25) is 9.59 Å². The zero-order valence-corrected chi connectivity index (χ0v) is 16.5. The van der Waals surface area contributed by atoms with Crippen LogP contribution in [-0.4, -0.2) is 24.2 Å². The number of hydrogen-bond donors (Lipinski definition) is 2. The molecule has 0 aliphatic carbocycles. The molecule has 0 saturated heterocycles. The Morgan fingerprint density at radius 1 is 1.07 bits per heavy atom. The first-order valence-electron chi connectivity index (χ1n) is 8.40. The minimum atomic E-state index is -0.276. The number of carbonyl (C=O) groups excluding carboxylic acids is 2. The SMILES string of the molecule is CC1=C(C(=O)Nc2cccc(C(=O)Nc3cccc(Cl)c3C)c2)SCCO1. The molecule has 2 aromatic rings. The first kappa shape index (κ1) is 19.3. The molecule has 1 aliphatic rings. The van der Waals surface area contributed by atoms with E-state index < -0.39 is 0 Å². The minimum Gasteiger partial charge on any atom is -0.496 e. The van der Waals surface area contributed by atoms with Crippen LogP contribution in [0.4, 0.5) is 11.4 Å². The second-order valence-corrected chi connectivity index (χ2v) is 7.50. The predicted octanol–water partition coefficient (Wildman–Crippen LogP) is 4.83. The Morgan fingerprint density at radius 3 is 2.63 bits per heavy atom. The summed E-state index contributed by atoms with van der Waals surface area (Å²) in [5.41, 5.74) is 2.43. The van der Waals surface area contributed by atoms with Crippen molar-refractivity contribution < 1.29 is 14.3 Å². The normalized spacial score (nSPS) is 13.7. The molecule has 0 radical (unpaired) electrons. The topological polar surface area (TPSA) is 67.4 Å². The number of allylic oxidation sites excluding steroid dienone is 1. The molecule has 2 N–H and O–H groups in total. The number of carbonyl (C=O) groups is 2. The van der Waals surface area contributed by atoms with Crippen LogP contribution in [0.1, 0.15) is 22.8 Å². The molecule has 2 aromatic carbocycles. The van der Waals surface area contributed by atoms with Gasteiger partial charge in [-0.05, 0) is 49.7 Å². The lowest BCUT2D eigenvalue weighted by atomic mass is 10.1. The van der Waals surface area contributed by atoms with E-state index in [-0.39, 0.29) is 11.8 Å². The van der Waals surface area contributed by atoms with Crippen LogP contribution in [0.2, 0.25) is 5.02 Å². The molecule has 0 fully saturated rings. The molecule has 0 saturated carbocycles. The molecule has 0 atom stereocenters. The van der Waals surface area contributed by atoms with Crippen LogP contribution in [0, 0.1) is 6.92 Å². The minimum absolute atomic E-state index is 0.236. The number of thioether (sulfide) groups is 1. The first-order chi connectivity index (χ1) is 13.0. The zero-order valence-electron chi connectivity index (χ0n) is 15.0. The van der Waals surface area contributed by atoms with Crippen molar-refractivity contribution in [3.8, 4) is 0 Å². The number of hydrogen-bond acceptors (Lipinski definition) is 4. The quantitative estimate of drug-likeness (QED) is 0.768. The van der Waals surface area contributed by atoms with E-state index in [1.165, 1.54) is 11.8 Å². The van der Waals surface area contributed by atoms with Gasteiger partial charge in [0, 0.05) is 27.7 Å². The number of amides is 2. The van der Waals surface area contributed by atoms with Gasteiger partial charge < -0.3 is 15.4 Å². The van der Waals surface area contributed by atoms with Gasteiger partial charge in [0.15, 0.2) is 0 Å². The molecule has 0 aromatic heterocycles. The predicted molar refractivity (Wildman–Crippen MR) is 110 cm³/mol. The van der Waals surface area contributed by atoms with E-state index in [4.69, 9.17) is 16.3 Å². The highest BCUT2D eigenvalue weighted by atomic mass is 35.5. The van der Waals surface area contributed by atoms with Crippen molar-refractivity contribution >= 4 is 46.6 Å². The van der Waals surface area contributed by atoms with Gasteiger partial charge in [0.2, 0.25) is 0 Å². The maximum Gasteiger partial charge on any atom is 0.265 e. The number of ether oxygens (including phenoxy) is 1. The molecule has 0 spiro atoms. The van der Waals surface area contributed by atoms with Crippen molar-refractivity contribution in [2.75, 3.05) is 23.0 Å². The Kier molecular flexibility index (Phi) is 6.08. The average Bonchev–Trinajstić information content (AvgIpc) is 2.66. The van der Waals surface area contributed by atoms with E-state index >= 15 is 0 Å². The van der Waals surface area contributed by atoms with E-state index in [0.29, 0.717) is 39.2 Å². The summed E-state index contributed by atoms with van der Waals surface area (Å²) in [6.45, 7) is 4.22. The van der Waals surface area contributed by atoms with E-state index in [1.54, 1.807) is 49.4 Å². The highest BCUT2D eigenvalue weighted by Gasteiger charge is 2.19. The van der Waals surface area contributed by atoms with Crippen LogP contribution in [0.5, 0.6) is 0 Å². The maximum absolute atomic E-state index is 12.6. The van der Waals surface area contributed by atoms with Gasteiger partial charge in [0.1, 0.15) is 10.7 Å². The molecule has 1 heterocycles. The van der Waals surface area contributed by atoms with Crippen molar-refractivity contribution in [1.82, 2.24) is 0 Å². The Bertz CT molecular complexity index is 927. The summed E-state index contributed by atoms with van der Waals surface area (Å²) >= 11 is 7.56. The molecule has 3 rings (SSSR count). The molecular weight excluding hydrogens is 384 g/mol. The molecule has 0 unspecified atom stereocenters. The van der Waals surface area contributed by atoms with E-state index in [0.717, 1.165) is 11.3 Å². The average molecular weight is 403 g/mol. The fourth-order valence-electron chi connectivity index (χ4n) is 2.59. The summed E-state index contributed by atoms with van der Waals surface area (Å²) in [4.78, 5) is 25.6. The number of anilines is 2. The van der Waals surface area contributed by atoms with Gasteiger partial charge >= 0.3 is 0 Å². The molecule has 5 nitrogen and oxygen atoms in total. The third-order valence-corrected chi connectivity index (χ3v) is 5.61. The van der Waals surface area contributed by atoms with E-state index in [9.17, 15) is 9.59 Å². The number of halogens is 1. The van der Waals surface area contributed by atoms with Crippen molar-refractivity contribution in [2.45, 2.75) is 13.8 Å². The highest BCUT2D eigenvalue weighted by Crippen LogP contribution is 2.27. The van der Waals surface area contributed by atoms with Crippen molar-refractivity contribution in [3.63, 3.8) is 0 Å². The van der Waals surface area contributed by atoms with Gasteiger partial charge in [0.05, 0.1) is 6.61 Å². The molecule has 1 aliphatic heterocycles. The monoisotopic (exact) mass is 402 g/mol. The van der Waals surface area contributed by atoms with Crippen LogP contribution in [0.3, 0.4) is 0 Å². The Labute approximate surface area is 167 Å². The highest BCUT2D eigenvalue weighted by molar-refractivity contribution is 8.04. The summed E-state index contributed by atoms with van der Waals surface area (Å²) in [7, 11) is 0. The third kappa shape index (κ3) is 4.64. The number of rotatable bonds is 4. The molecular formula is C20H19ClN2O3S. The van der Waals surface area contributed by atoms with Gasteiger partial charge in [-0.2, -0.15) is 0 Å². The fraction of sp³-hybridized carbons (Fsp3) is 0.200. The third-order valence-electron chi connectivity index (χ3n) is 4.07. The molecule has 7 heteroatoms. The second kappa shape index (κ2) is 8.50. The van der Waals surface area contributed by atoms with E-state index in [2.05, 4.69) is 10.6 Å². The Balaban J connectivity index is 1.74. The lowest BCUT2D eigenvalue weighted by Crippen LogP contribution is -2.19. The molecule has 0 bridgehead atoms. The van der Waals surface area contributed by atoms with Crippen LogP contribution in [-0.2, 0) is 9.53 Å². The number of benzene rings is 2. The van der Waals surface area contributed by atoms with Gasteiger partial charge in [-0.15, -0.1) is 11.8 Å². The van der Waals surface area contributed by atoms with E-state index in [1.807, 2.05) is 6.92 Å². The van der Waals surface area contributed by atoms with Crippen LogP contribution in [0.25, 0.3) is 0 Å². The second-order valence-electron chi connectivity index (χ2n) is 5.98. The smallest absolute Gasteiger partial charge is 0.265 e. The van der Waals surface area contributed by atoms with Crippen LogP contribution >= 0.6 is 23.4 Å². The summed E-state index contributed by atoms with van der Waals surface area (Å²) in [6, 6.07) is 12.1. The standard InChI is InChI=1S/C20H19ClN2O3S/c1-12-16(21)7-4-8-17(12)23-19(24)14-5-3-6-15(11-14)22-20(25)18-13(2)26-9-10-27-18/h3-8,11H,9-10H2,1-2H3,(H,22,25)(H,23,24). The summed E-state index contributed by atoms with van der Waals surface area (Å²) in [6.07, 6.45) is 0. The molecule has 2 amide bonds. The Morgan fingerprint density at radius 2 is 1.85 bits per heavy atom. The van der Waals surface area contributed by atoms with Crippen LogP contribution < -0.4 is 10.6 Å². The maximum atomic E-state index is 12.6. The zero-order chi connectivity index (χ0) is 19.4. The molecule has 140 valence electrons. The fourth-order valence-corrected chi connectivity index (χ4v) is 3.58. The van der Waals surface area contributed by atoms with Gasteiger partial charge in [-0.1, -0.05) is 23.7 Å². The summed E-state index contributed by atoms with van der Waals surface area (Å²) in [5.74, 6) is 0.846. The molecule has 27 heavy (non-hydrogen) atoms. The summed E-state index contributed by atoms with van der Waals surface area (Å²) in [5, 5.41) is 6.26. The van der Waals surface area contributed by atoms with Gasteiger partial charge in [0.25, 0.3) is 11.8 Å². The Hall–Kier alpha value is -2.44. The van der Waals surface area contributed by atoms with Crippen LogP contribution in [0.15, 0.2) is 53.1 Å². The van der Waals surface area contributed by atoms with Crippen molar-refractivity contribution in [3.05, 3.63) is 69.3 Å². The van der Waals surface area contributed by atoms with Crippen molar-refractivity contribution in [1.29, 1.82) is 0 Å². The summed E-state index contributed by atoms with van der Waals surface area (Å²) < 4.78 is 5.42. The first-order valence-corrected chi connectivity index (χ1v) is 9.76. The lowest BCUT2D eigenvalue weighted by Gasteiger charge is -2.18.